The summed E-state index contributed by atoms with van der Waals surface area (Å²) in [5.41, 5.74) is 5.73. The third kappa shape index (κ3) is 4.65. The van der Waals surface area contributed by atoms with Gasteiger partial charge in [0, 0.05) is 6.54 Å². The number of halogens is 1. The number of thiophene rings is 1. The maximum Gasteiger partial charge on any atom is 0.250 e. The van der Waals surface area contributed by atoms with Gasteiger partial charge in [-0.05, 0) is 34.5 Å². The first-order valence-electron chi connectivity index (χ1n) is 4.94. The van der Waals surface area contributed by atoms with E-state index < -0.39 is 15.9 Å². The summed E-state index contributed by atoms with van der Waals surface area (Å²) in [6.07, 6.45) is 0. The summed E-state index contributed by atoms with van der Waals surface area (Å²) >= 11 is 4.41. The van der Waals surface area contributed by atoms with Crippen LogP contribution in [0.15, 0.2) is 14.1 Å². The van der Waals surface area contributed by atoms with Crippen molar-refractivity contribution in [2.75, 3.05) is 19.8 Å². The van der Waals surface area contributed by atoms with E-state index in [0.717, 1.165) is 20.7 Å². The van der Waals surface area contributed by atoms with Gasteiger partial charge in [0.25, 0.3) is 0 Å². The van der Waals surface area contributed by atoms with Gasteiger partial charge in [-0.15, -0.1) is 11.3 Å². The van der Waals surface area contributed by atoms with Gasteiger partial charge in [-0.25, -0.2) is 13.1 Å². The highest BCUT2D eigenvalue weighted by Crippen LogP contribution is 2.30. The first-order valence-corrected chi connectivity index (χ1v) is 8.04. The number of amides is 1. The number of rotatable bonds is 7. The molecule has 0 aliphatic heterocycles. The van der Waals surface area contributed by atoms with Crippen LogP contribution < -0.4 is 10.5 Å². The van der Waals surface area contributed by atoms with Crippen molar-refractivity contribution >= 4 is 43.2 Å². The van der Waals surface area contributed by atoms with E-state index in [1.165, 1.54) is 0 Å². The SMILES string of the molecule is Cc1cc(S(=O)(=O)NCCOCC(N)=O)sc1Br. The smallest absolute Gasteiger partial charge is 0.250 e. The van der Waals surface area contributed by atoms with E-state index in [4.69, 9.17) is 10.5 Å². The zero-order valence-electron chi connectivity index (χ0n) is 9.60. The number of nitrogens with one attached hydrogen (secondary N) is 1. The average molecular weight is 357 g/mol. The van der Waals surface area contributed by atoms with Gasteiger partial charge in [0.2, 0.25) is 15.9 Å². The minimum Gasteiger partial charge on any atom is -0.370 e. The molecule has 1 amide bonds. The van der Waals surface area contributed by atoms with Gasteiger partial charge in [0.1, 0.15) is 10.8 Å². The number of primary amides is 1. The molecule has 0 aliphatic carbocycles. The van der Waals surface area contributed by atoms with Crippen LogP contribution in [0, 0.1) is 6.92 Å². The lowest BCUT2D eigenvalue weighted by Crippen LogP contribution is -2.28. The van der Waals surface area contributed by atoms with E-state index in [1.54, 1.807) is 6.07 Å². The maximum atomic E-state index is 11.8. The number of hydrogen-bond donors (Lipinski definition) is 2. The van der Waals surface area contributed by atoms with Crippen LogP contribution in [0.1, 0.15) is 5.56 Å². The van der Waals surface area contributed by atoms with Crippen LogP contribution in [-0.4, -0.2) is 34.1 Å². The number of hydrogen-bond acceptors (Lipinski definition) is 5. The Bertz CT molecular complexity index is 507. The highest BCUT2D eigenvalue weighted by atomic mass is 79.9. The molecule has 18 heavy (non-hydrogen) atoms. The topological polar surface area (TPSA) is 98.5 Å². The molecule has 9 heteroatoms. The van der Waals surface area contributed by atoms with Gasteiger partial charge in [-0.3, -0.25) is 4.79 Å². The molecule has 102 valence electrons. The van der Waals surface area contributed by atoms with Crippen molar-refractivity contribution in [3.8, 4) is 0 Å². The lowest BCUT2D eigenvalue weighted by molar-refractivity contribution is -0.122. The first kappa shape index (κ1) is 15.6. The van der Waals surface area contributed by atoms with Crippen molar-refractivity contribution in [3.63, 3.8) is 0 Å². The number of carbonyl (C=O) groups is 1. The van der Waals surface area contributed by atoms with E-state index in [0.29, 0.717) is 0 Å². The maximum absolute atomic E-state index is 11.8. The summed E-state index contributed by atoms with van der Waals surface area (Å²) < 4.78 is 31.9. The number of nitrogens with two attached hydrogens (primary N) is 1. The van der Waals surface area contributed by atoms with Crippen LogP contribution in [0.5, 0.6) is 0 Å². The predicted molar refractivity (Wildman–Crippen MR) is 72.0 cm³/mol. The summed E-state index contributed by atoms with van der Waals surface area (Å²) in [5, 5.41) is 0. The molecule has 1 aromatic rings. The Morgan fingerprint density at radius 3 is 2.78 bits per heavy atom. The largest absolute Gasteiger partial charge is 0.370 e. The molecule has 0 radical (unpaired) electrons. The van der Waals surface area contributed by atoms with Gasteiger partial charge < -0.3 is 10.5 Å². The fourth-order valence-electron chi connectivity index (χ4n) is 1.06. The van der Waals surface area contributed by atoms with Gasteiger partial charge in [0.05, 0.1) is 10.4 Å². The monoisotopic (exact) mass is 356 g/mol. The molecule has 1 heterocycles. The fraction of sp³-hybridized carbons (Fsp3) is 0.444. The molecule has 0 aliphatic rings. The van der Waals surface area contributed by atoms with Crippen LogP contribution in [0.4, 0.5) is 0 Å². The Labute approximate surface area is 118 Å². The number of ether oxygens (including phenoxy) is 1. The third-order valence-corrected chi connectivity index (χ3v) is 5.95. The molecule has 1 rings (SSSR count). The van der Waals surface area contributed by atoms with Crippen LogP contribution in [0.3, 0.4) is 0 Å². The lowest BCUT2D eigenvalue weighted by Gasteiger charge is -2.04. The van der Waals surface area contributed by atoms with Gasteiger partial charge in [0.15, 0.2) is 0 Å². The zero-order chi connectivity index (χ0) is 13.8. The van der Waals surface area contributed by atoms with Gasteiger partial charge in [-0.1, -0.05) is 0 Å². The van der Waals surface area contributed by atoms with E-state index in [1.807, 2.05) is 6.92 Å². The van der Waals surface area contributed by atoms with E-state index in [9.17, 15) is 13.2 Å². The van der Waals surface area contributed by atoms with E-state index >= 15 is 0 Å². The first-order chi connectivity index (χ1) is 8.33. The van der Waals surface area contributed by atoms with Crippen molar-refractivity contribution in [2.45, 2.75) is 11.1 Å². The van der Waals surface area contributed by atoms with Crippen molar-refractivity contribution in [2.24, 2.45) is 5.73 Å². The Balaban J connectivity index is 2.48. The Hall–Kier alpha value is -0.480. The molecule has 3 N–H and O–H groups in total. The predicted octanol–water partition coefficient (Wildman–Crippen LogP) is 0.599. The summed E-state index contributed by atoms with van der Waals surface area (Å²) in [4.78, 5) is 10.4. The summed E-state index contributed by atoms with van der Waals surface area (Å²) in [6, 6.07) is 1.58. The summed E-state index contributed by atoms with van der Waals surface area (Å²) in [7, 11) is -3.52. The molecule has 1 aromatic heterocycles. The lowest BCUT2D eigenvalue weighted by atomic mass is 10.4. The summed E-state index contributed by atoms with van der Waals surface area (Å²) in [6.45, 7) is 1.78. The normalized spacial score (nSPS) is 11.7. The molecule has 0 atom stereocenters. The van der Waals surface area contributed by atoms with Crippen molar-refractivity contribution < 1.29 is 17.9 Å². The van der Waals surface area contributed by atoms with E-state index in [-0.39, 0.29) is 24.0 Å². The van der Waals surface area contributed by atoms with Gasteiger partial charge in [-0.2, -0.15) is 0 Å². The number of aryl methyl sites for hydroxylation is 1. The molecule has 0 unspecified atom stereocenters. The molecule has 0 bridgehead atoms. The Morgan fingerprint density at radius 1 is 1.61 bits per heavy atom. The Kier molecular flexibility index (Phi) is 5.73. The molecular formula is C9H13BrN2O4S2. The molecular weight excluding hydrogens is 344 g/mol. The fourth-order valence-corrected chi connectivity index (χ4v) is 4.34. The highest BCUT2D eigenvalue weighted by Gasteiger charge is 2.17. The second-order valence-electron chi connectivity index (χ2n) is 3.44. The highest BCUT2D eigenvalue weighted by molar-refractivity contribution is 9.11. The number of sulfonamides is 1. The second kappa shape index (κ2) is 6.62. The standard InChI is InChI=1S/C9H13BrN2O4S2/c1-6-4-8(17-9(6)10)18(14,15)12-2-3-16-5-7(11)13/h4,12H,2-3,5H2,1H3,(H2,11,13). The van der Waals surface area contributed by atoms with Gasteiger partial charge >= 0.3 is 0 Å². The van der Waals surface area contributed by atoms with Crippen molar-refractivity contribution in [1.29, 1.82) is 0 Å². The van der Waals surface area contributed by atoms with Crippen molar-refractivity contribution in [1.82, 2.24) is 4.72 Å². The average Bonchev–Trinajstić information content (AvgIpc) is 2.59. The molecule has 6 nitrogen and oxygen atoms in total. The molecule has 0 fully saturated rings. The summed E-state index contributed by atoms with van der Waals surface area (Å²) in [5.74, 6) is -0.587. The van der Waals surface area contributed by atoms with Crippen LogP contribution >= 0.6 is 27.3 Å². The van der Waals surface area contributed by atoms with Crippen LogP contribution in [-0.2, 0) is 19.6 Å². The molecule has 0 saturated carbocycles. The third-order valence-electron chi connectivity index (χ3n) is 1.88. The minimum absolute atomic E-state index is 0.0875. The molecule has 0 aromatic carbocycles. The van der Waals surface area contributed by atoms with Crippen LogP contribution in [0.2, 0.25) is 0 Å². The number of carbonyl (C=O) groups excluding carboxylic acids is 1. The Morgan fingerprint density at radius 2 is 2.28 bits per heavy atom. The zero-order valence-corrected chi connectivity index (χ0v) is 12.8. The minimum atomic E-state index is -3.52. The molecule has 0 spiro atoms. The van der Waals surface area contributed by atoms with E-state index in [2.05, 4.69) is 20.7 Å². The molecule has 0 saturated heterocycles. The quantitative estimate of drug-likeness (QED) is 0.698. The second-order valence-corrected chi connectivity index (χ2v) is 7.80. The van der Waals surface area contributed by atoms with Crippen molar-refractivity contribution in [3.05, 3.63) is 15.4 Å². The van der Waals surface area contributed by atoms with Crippen LogP contribution in [0.25, 0.3) is 0 Å².